The van der Waals surface area contributed by atoms with Gasteiger partial charge in [0.1, 0.15) is 17.4 Å². The molecule has 3 atom stereocenters. The molecule has 10 nitrogen and oxygen atoms in total. The summed E-state index contributed by atoms with van der Waals surface area (Å²) in [5.74, 6) is 3.19. The van der Waals surface area contributed by atoms with E-state index in [0.717, 1.165) is 5.01 Å². The van der Waals surface area contributed by atoms with Crippen LogP contribution in [0, 0.1) is 40.2 Å². The van der Waals surface area contributed by atoms with Gasteiger partial charge in [-0.15, -0.1) is 11.8 Å². The fraction of sp³-hybridized carbons (Fsp3) is 0.421. The van der Waals surface area contributed by atoms with Gasteiger partial charge >= 0.3 is 11.7 Å². The molecule has 0 aliphatic carbocycles. The zero-order valence-corrected chi connectivity index (χ0v) is 17.8. The zero-order chi connectivity index (χ0) is 22.6. The summed E-state index contributed by atoms with van der Waals surface area (Å²) in [5.41, 5.74) is -0.508. The molecule has 1 aliphatic heterocycles. The second-order valence-electron chi connectivity index (χ2n) is 6.79. The average molecular weight is 433 g/mol. The Morgan fingerprint density at radius 3 is 2.70 bits per heavy atom. The van der Waals surface area contributed by atoms with E-state index in [1.54, 1.807) is 33.1 Å². The van der Waals surface area contributed by atoms with Crippen LogP contribution in [0.4, 0.5) is 0 Å². The van der Waals surface area contributed by atoms with Gasteiger partial charge in [-0.1, -0.05) is 20.3 Å². The van der Waals surface area contributed by atoms with Crippen molar-refractivity contribution < 1.29 is 19.6 Å². The molecule has 0 fully saturated rings. The van der Waals surface area contributed by atoms with E-state index >= 15 is 0 Å². The van der Waals surface area contributed by atoms with E-state index in [1.165, 1.54) is 23.9 Å². The van der Waals surface area contributed by atoms with Crippen molar-refractivity contribution in [1.82, 2.24) is 5.01 Å². The molecule has 0 aromatic heterocycles. The number of aliphatic carboxylic acids is 1. The number of hydrazine groups is 1. The van der Waals surface area contributed by atoms with Crippen molar-refractivity contribution in [2.75, 3.05) is 6.26 Å². The fourth-order valence-corrected chi connectivity index (χ4v) is 3.59. The molecule has 1 aromatic carbocycles. The zero-order valence-electron chi connectivity index (χ0n) is 17.0. The molecular formula is C19H23N5O5S. The predicted molar refractivity (Wildman–Crippen MR) is 112 cm³/mol. The Kier molecular flexibility index (Phi) is 7.42. The van der Waals surface area contributed by atoms with Crippen LogP contribution in [-0.2, 0) is 4.79 Å². The number of rotatable bonds is 8. The molecule has 0 saturated heterocycles. The first kappa shape index (κ1) is 23.2. The SMILES string of the molecule is CCC(C)C(C(=O)O)C1=NC(SC)N(N)C(Oc2ccc(C#N)c(C)c2)=C1[N+](=O)[O-]. The van der Waals surface area contributed by atoms with Crippen LogP contribution in [0.2, 0.25) is 0 Å². The molecule has 0 amide bonds. The van der Waals surface area contributed by atoms with Crippen LogP contribution >= 0.6 is 11.8 Å². The molecule has 1 aliphatic rings. The summed E-state index contributed by atoms with van der Waals surface area (Å²) < 4.78 is 5.77. The number of nitrogens with zero attached hydrogens (tertiary/aromatic N) is 4. The number of carboxylic acid groups (broad SMARTS) is 1. The second kappa shape index (κ2) is 9.60. The van der Waals surface area contributed by atoms with Crippen LogP contribution in [-0.4, -0.2) is 38.5 Å². The highest BCUT2D eigenvalue weighted by atomic mass is 32.2. The number of carboxylic acids is 1. The molecule has 30 heavy (non-hydrogen) atoms. The lowest BCUT2D eigenvalue weighted by atomic mass is 9.86. The lowest BCUT2D eigenvalue weighted by Crippen LogP contribution is -2.48. The van der Waals surface area contributed by atoms with Gasteiger partial charge in [0.2, 0.25) is 0 Å². The summed E-state index contributed by atoms with van der Waals surface area (Å²) in [4.78, 5) is 27.5. The molecule has 0 spiro atoms. The molecular weight excluding hydrogens is 410 g/mol. The first-order valence-electron chi connectivity index (χ1n) is 9.11. The van der Waals surface area contributed by atoms with E-state index in [1.807, 2.05) is 6.07 Å². The number of hydrogen-bond donors (Lipinski definition) is 2. The van der Waals surface area contributed by atoms with Gasteiger partial charge in [-0.25, -0.2) is 15.8 Å². The third kappa shape index (κ3) is 4.55. The van der Waals surface area contributed by atoms with Crippen molar-refractivity contribution in [3.05, 3.63) is 51.0 Å². The lowest BCUT2D eigenvalue weighted by molar-refractivity contribution is -0.420. The summed E-state index contributed by atoms with van der Waals surface area (Å²) in [6.45, 7) is 5.21. The minimum absolute atomic E-state index is 0.178. The number of thioether (sulfide) groups is 1. The number of ether oxygens (including phenoxy) is 1. The number of allylic oxidation sites excluding steroid dienone is 1. The maximum atomic E-state index is 12.0. The smallest absolute Gasteiger partial charge is 0.352 e. The Bertz CT molecular complexity index is 955. The topological polar surface area (TPSA) is 155 Å². The Morgan fingerprint density at radius 1 is 1.57 bits per heavy atom. The summed E-state index contributed by atoms with van der Waals surface area (Å²) in [6, 6.07) is 6.61. The number of aliphatic imine (C=N–C) groups is 1. The summed E-state index contributed by atoms with van der Waals surface area (Å²) in [5, 5.41) is 31.8. The minimum atomic E-state index is -1.21. The van der Waals surface area contributed by atoms with Crippen molar-refractivity contribution in [2.24, 2.45) is 22.7 Å². The third-order valence-corrected chi connectivity index (χ3v) is 5.62. The summed E-state index contributed by atoms with van der Waals surface area (Å²) >= 11 is 1.18. The number of nitrogens with two attached hydrogens (primary N) is 1. The van der Waals surface area contributed by atoms with Gasteiger partial charge in [-0.05, 0) is 42.9 Å². The number of aryl methyl sites for hydroxylation is 1. The van der Waals surface area contributed by atoms with Crippen LogP contribution < -0.4 is 10.6 Å². The molecule has 2 rings (SSSR count). The Morgan fingerprint density at radius 2 is 2.23 bits per heavy atom. The van der Waals surface area contributed by atoms with Gasteiger partial charge in [0.05, 0.1) is 16.6 Å². The number of nitro groups is 1. The van der Waals surface area contributed by atoms with Gasteiger partial charge in [-0.2, -0.15) is 5.26 Å². The third-order valence-electron chi connectivity index (χ3n) is 4.87. The Balaban J connectivity index is 2.66. The molecule has 1 aromatic rings. The molecule has 0 bridgehead atoms. The standard InChI is InChI=1S/C19H23N5O5S/c1-5-10(2)14(18(25)26)15-16(24(27)28)17(23(21)19(22-15)30-4)29-13-7-6-12(9-20)11(3)8-13/h6-8,10,14,19H,5,21H2,1-4H3,(H,25,26). The summed E-state index contributed by atoms with van der Waals surface area (Å²) in [7, 11) is 0. The van der Waals surface area contributed by atoms with Gasteiger partial charge in [0.25, 0.3) is 5.88 Å². The van der Waals surface area contributed by atoms with Crippen LogP contribution in [0.1, 0.15) is 31.4 Å². The molecule has 160 valence electrons. The van der Waals surface area contributed by atoms with Gasteiger partial charge in [0.15, 0.2) is 5.50 Å². The maximum Gasteiger partial charge on any atom is 0.352 e. The van der Waals surface area contributed by atoms with E-state index in [0.29, 0.717) is 17.5 Å². The fourth-order valence-electron chi connectivity index (χ4n) is 3.04. The Hall–Kier alpha value is -3.10. The monoisotopic (exact) mass is 433 g/mol. The first-order valence-corrected chi connectivity index (χ1v) is 10.4. The van der Waals surface area contributed by atoms with Crippen molar-refractivity contribution >= 4 is 23.4 Å². The van der Waals surface area contributed by atoms with Crippen molar-refractivity contribution in [2.45, 2.75) is 32.7 Å². The minimum Gasteiger partial charge on any atom is -0.481 e. The van der Waals surface area contributed by atoms with E-state index < -0.39 is 33.9 Å². The van der Waals surface area contributed by atoms with Crippen molar-refractivity contribution in [1.29, 1.82) is 5.26 Å². The molecule has 11 heteroatoms. The van der Waals surface area contributed by atoms with Crippen molar-refractivity contribution in [3.8, 4) is 11.8 Å². The first-order chi connectivity index (χ1) is 14.2. The van der Waals surface area contributed by atoms with E-state index in [-0.39, 0.29) is 17.3 Å². The Labute approximate surface area is 178 Å². The number of benzene rings is 1. The van der Waals surface area contributed by atoms with Crippen LogP contribution in [0.25, 0.3) is 0 Å². The van der Waals surface area contributed by atoms with Gasteiger partial charge < -0.3 is 9.84 Å². The van der Waals surface area contributed by atoms with Crippen LogP contribution in [0.5, 0.6) is 5.75 Å². The molecule has 0 saturated carbocycles. The highest BCUT2D eigenvalue weighted by molar-refractivity contribution is 7.99. The highest BCUT2D eigenvalue weighted by Crippen LogP contribution is 2.33. The number of hydrogen-bond acceptors (Lipinski definition) is 9. The van der Waals surface area contributed by atoms with Crippen LogP contribution in [0.15, 0.2) is 34.8 Å². The molecule has 1 heterocycles. The van der Waals surface area contributed by atoms with Gasteiger partial charge in [-0.3, -0.25) is 14.9 Å². The largest absolute Gasteiger partial charge is 0.481 e. The average Bonchev–Trinajstić information content (AvgIpc) is 2.69. The van der Waals surface area contributed by atoms with E-state index in [9.17, 15) is 20.0 Å². The van der Waals surface area contributed by atoms with E-state index in [2.05, 4.69) is 4.99 Å². The van der Waals surface area contributed by atoms with Crippen molar-refractivity contribution in [3.63, 3.8) is 0 Å². The molecule has 3 unspecified atom stereocenters. The quantitative estimate of drug-likeness (QED) is 0.357. The van der Waals surface area contributed by atoms with E-state index in [4.69, 9.17) is 15.8 Å². The van der Waals surface area contributed by atoms with Gasteiger partial charge in [0, 0.05) is 0 Å². The number of nitriles is 1. The maximum absolute atomic E-state index is 12.0. The highest BCUT2D eigenvalue weighted by Gasteiger charge is 2.45. The molecule has 3 N–H and O–H groups in total. The van der Waals surface area contributed by atoms with Crippen LogP contribution in [0.3, 0.4) is 0 Å². The summed E-state index contributed by atoms with van der Waals surface area (Å²) in [6.07, 6.45) is 2.19. The molecule has 0 radical (unpaired) electrons. The normalized spacial score (nSPS) is 18.3. The lowest BCUT2D eigenvalue weighted by Gasteiger charge is -2.32. The predicted octanol–water partition coefficient (Wildman–Crippen LogP) is 2.72. The second-order valence-corrected chi connectivity index (χ2v) is 7.68. The number of carbonyl (C=O) groups is 1.